The second-order valence-electron chi connectivity index (χ2n) is 4.52. The smallest absolute Gasteiger partial charge is 0.269 e. The third-order valence-corrected chi connectivity index (χ3v) is 5.07. The molecule has 2 rings (SSSR count). The van der Waals surface area contributed by atoms with E-state index in [0.29, 0.717) is 11.5 Å². The molecule has 8 heteroatoms. The molecule has 1 heterocycles. The van der Waals surface area contributed by atoms with Gasteiger partial charge in [-0.25, -0.2) is 13.4 Å². The summed E-state index contributed by atoms with van der Waals surface area (Å²) in [4.78, 5) is 4.06. The number of hydrogen-bond donors (Lipinski definition) is 0. The Labute approximate surface area is 135 Å². The van der Waals surface area contributed by atoms with Crippen LogP contribution in [0.2, 0.25) is 0 Å². The lowest BCUT2D eigenvalue weighted by Gasteiger charge is -2.21. The number of pyridine rings is 1. The number of sulfonamides is 1. The Morgan fingerprint density at radius 3 is 2.39 bits per heavy atom. The van der Waals surface area contributed by atoms with E-state index in [-0.39, 0.29) is 16.5 Å². The Morgan fingerprint density at radius 2 is 1.78 bits per heavy atom. The van der Waals surface area contributed by atoms with Crippen LogP contribution in [0.25, 0.3) is 0 Å². The molecule has 1 aromatic carbocycles. The fourth-order valence-electron chi connectivity index (χ4n) is 2.03. The molecule has 0 fully saturated rings. The summed E-state index contributed by atoms with van der Waals surface area (Å²) in [5.74, 6) is 1.22. The van der Waals surface area contributed by atoms with Gasteiger partial charge >= 0.3 is 0 Å². The average Bonchev–Trinajstić information content (AvgIpc) is 2.60. The molecule has 23 heavy (non-hydrogen) atoms. The summed E-state index contributed by atoms with van der Waals surface area (Å²) in [6.45, 7) is 0. The predicted octanol–water partition coefficient (Wildman–Crippen LogP) is 1.93. The first-order valence-corrected chi connectivity index (χ1v) is 8.09. The van der Waals surface area contributed by atoms with Gasteiger partial charge in [0.1, 0.15) is 16.5 Å². The number of benzene rings is 1. The lowest BCUT2D eigenvalue weighted by Crippen LogP contribution is -2.27. The summed E-state index contributed by atoms with van der Waals surface area (Å²) in [5.41, 5.74) is 0. The minimum absolute atomic E-state index is 0.00790. The molecule has 0 unspecified atom stereocenters. The number of methoxy groups -OCH3 is 3. The molecule has 0 spiro atoms. The molecule has 0 aliphatic heterocycles. The summed E-state index contributed by atoms with van der Waals surface area (Å²) in [6, 6.07) is 7.83. The van der Waals surface area contributed by atoms with Crippen LogP contribution in [0, 0.1) is 0 Å². The van der Waals surface area contributed by atoms with Crippen molar-refractivity contribution in [1.82, 2.24) is 4.98 Å². The van der Waals surface area contributed by atoms with Gasteiger partial charge in [-0.2, -0.15) is 0 Å². The van der Waals surface area contributed by atoms with E-state index in [1.165, 1.54) is 46.7 Å². The molecule has 124 valence electrons. The fraction of sp³-hybridized carbons (Fsp3) is 0.267. The number of anilines is 1. The third kappa shape index (κ3) is 3.16. The van der Waals surface area contributed by atoms with Crippen molar-refractivity contribution in [1.29, 1.82) is 0 Å². The molecule has 0 saturated carbocycles. The van der Waals surface area contributed by atoms with Gasteiger partial charge in [-0.15, -0.1) is 0 Å². The molecule has 0 bridgehead atoms. The van der Waals surface area contributed by atoms with Gasteiger partial charge in [-0.05, 0) is 18.2 Å². The van der Waals surface area contributed by atoms with E-state index in [1.807, 2.05) is 0 Å². The van der Waals surface area contributed by atoms with E-state index in [1.54, 1.807) is 18.2 Å². The highest BCUT2D eigenvalue weighted by Crippen LogP contribution is 2.36. The van der Waals surface area contributed by atoms with Gasteiger partial charge in [0, 0.05) is 19.3 Å². The number of nitrogens with zero attached hydrogens (tertiary/aromatic N) is 2. The van der Waals surface area contributed by atoms with Gasteiger partial charge in [0.25, 0.3) is 10.0 Å². The first kappa shape index (κ1) is 16.9. The van der Waals surface area contributed by atoms with Crippen molar-refractivity contribution in [3.63, 3.8) is 0 Å². The van der Waals surface area contributed by atoms with Crippen LogP contribution in [0.1, 0.15) is 0 Å². The highest BCUT2D eigenvalue weighted by Gasteiger charge is 2.28. The summed E-state index contributed by atoms with van der Waals surface area (Å²) < 4.78 is 42.3. The molecule has 0 N–H and O–H groups in total. The molecule has 0 saturated heterocycles. The van der Waals surface area contributed by atoms with Crippen molar-refractivity contribution in [2.24, 2.45) is 0 Å². The summed E-state index contributed by atoms with van der Waals surface area (Å²) >= 11 is 0. The van der Waals surface area contributed by atoms with Gasteiger partial charge in [-0.1, -0.05) is 6.07 Å². The van der Waals surface area contributed by atoms with Crippen molar-refractivity contribution >= 4 is 15.8 Å². The number of ether oxygens (including phenoxy) is 3. The standard InChI is InChI=1S/C15H18N2O5S/c1-17(14-10-11(20-2)8-9-16-14)23(18,19)13-7-5-6-12(21-3)15(13)22-4/h5-10H,1-4H3. The lowest BCUT2D eigenvalue weighted by atomic mass is 10.3. The van der Waals surface area contributed by atoms with Crippen LogP contribution in [0.4, 0.5) is 5.82 Å². The topological polar surface area (TPSA) is 78.0 Å². The molecule has 0 atom stereocenters. The maximum Gasteiger partial charge on any atom is 0.269 e. The SMILES string of the molecule is COc1ccnc(N(C)S(=O)(=O)c2cccc(OC)c2OC)c1. The maximum atomic E-state index is 12.9. The van der Waals surface area contributed by atoms with E-state index < -0.39 is 10.0 Å². The highest BCUT2D eigenvalue weighted by molar-refractivity contribution is 7.92. The van der Waals surface area contributed by atoms with E-state index in [0.717, 1.165) is 4.31 Å². The predicted molar refractivity (Wildman–Crippen MR) is 85.9 cm³/mol. The molecule has 7 nitrogen and oxygen atoms in total. The fourth-order valence-corrected chi connectivity index (χ4v) is 3.34. The zero-order valence-corrected chi connectivity index (χ0v) is 14.1. The van der Waals surface area contributed by atoms with Crippen LogP contribution in [-0.4, -0.2) is 41.8 Å². The number of para-hydroxylation sites is 1. The van der Waals surface area contributed by atoms with Crippen LogP contribution in [0.5, 0.6) is 17.2 Å². The largest absolute Gasteiger partial charge is 0.497 e. The Balaban J connectivity index is 2.53. The van der Waals surface area contributed by atoms with Gasteiger partial charge in [0.05, 0.1) is 21.3 Å². The van der Waals surface area contributed by atoms with Crippen molar-refractivity contribution in [2.75, 3.05) is 32.7 Å². The molecule has 2 aromatic rings. The first-order valence-electron chi connectivity index (χ1n) is 6.65. The zero-order chi connectivity index (χ0) is 17.0. The van der Waals surface area contributed by atoms with Crippen LogP contribution in [0.3, 0.4) is 0 Å². The quantitative estimate of drug-likeness (QED) is 0.801. The van der Waals surface area contributed by atoms with Crippen molar-refractivity contribution in [3.8, 4) is 17.2 Å². The minimum Gasteiger partial charge on any atom is -0.497 e. The number of rotatable bonds is 6. The minimum atomic E-state index is -3.88. The van der Waals surface area contributed by atoms with E-state index in [2.05, 4.69) is 4.98 Å². The van der Waals surface area contributed by atoms with Gasteiger partial charge in [0.15, 0.2) is 11.5 Å². The summed E-state index contributed by atoms with van der Waals surface area (Å²) in [5, 5.41) is 0. The van der Waals surface area contributed by atoms with Crippen LogP contribution in [-0.2, 0) is 10.0 Å². The Morgan fingerprint density at radius 1 is 1.04 bits per heavy atom. The number of aromatic nitrogens is 1. The molecule has 0 aliphatic rings. The average molecular weight is 338 g/mol. The van der Waals surface area contributed by atoms with Crippen LogP contribution >= 0.6 is 0 Å². The first-order chi connectivity index (χ1) is 11.0. The Hall–Kier alpha value is -2.48. The molecule has 0 amide bonds. The van der Waals surface area contributed by atoms with E-state index in [4.69, 9.17) is 14.2 Å². The molecule has 0 radical (unpaired) electrons. The van der Waals surface area contributed by atoms with Gasteiger partial charge < -0.3 is 14.2 Å². The number of hydrogen-bond acceptors (Lipinski definition) is 6. The second kappa shape index (κ2) is 6.74. The normalized spacial score (nSPS) is 11.0. The van der Waals surface area contributed by atoms with Crippen LogP contribution in [0.15, 0.2) is 41.4 Å². The Kier molecular flexibility index (Phi) is 4.95. The third-order valence-electron chi connectivity index (χ3n) is 3.28. The van der Waals surface area contributed by atoms with E-state index >= 15 is 0 Å². The van der Waals surface area contributed by atoms with Crippen molar-refractivity contribution in [2.45, 2.75) is 4.90 Å². The zero-order valence-electron chi connectivity index (χ0n) is 13.3. The summed E-state index contributed by atoms with van der Waals surface area (Å²) in [6.07, 6.45) is 1.48. The maximum absolute atomic E-state index is 12.9. The Bertz CT molecular complexity index is 792. The molecular formula is C15H18N2O5S. The van der Waals surface area contributed by atoms with Crippen molar-refractivity contribution < 1.29 is 22.6 Å². The molecule has 1 aromatic heterocycles. The van der Waals surface area contributed by atoms with Crippen LogP contribution < -0.4 is 18.5 Å². The lowest BCUT2D eigenvalue weighted by molar-refractivity contribution is 0.347. The molecular weight excluding hydrogens is 320 g/mol. The highest BCUT2D eigenvalue weighted by atomic mass is 32.2. The monoisotopic (exact) mass is 338 g/mol. The molecule has 0 aliphatic carbocycles. The summed E-state index contributed by atoms with van der Waals surface area (Å²) in [7, 11) is 1.86. The van der Waals surface area contributed by atoms with E-state index in [9.17, 15) is 8.42 Å². The van der Waals surface area contributed by atoms with Gasteiger partial charge in [0.2, 0.25) is 0 Å². The van der Waals surface area contributed by atoms with Crippen molar-refractivity contribution in [3.05, 3.63) is 36.5 Å². The van der Waals surface area contributed by atoms with Gasteiger partial charge in [-0.3, -0.25) is 4.31 Å². The second-order valence-corrected chi connectivity index (χ2v) is 6.46.